The van der Waals surface area contributed by atoms with E-state index in [1.165, 1.54) is 5.57 Å². The molecule has 0 amide bonds. The van der Waals surface area contributed by atoms with Crippen LogP contribution < -0.4 is 0 Å². The van der Waals surface area contributed by atoms with E-state index in [1.54, 1.807) is 20.8 Å². The average Bonchev–Trinajstić information content (AvgIpc) is 2.25. The zero-order valence-electron chi connectivity index (χ0n) is 11.7. The molecule has 0 saturated heterocycles. The van der Waals surface area contributed by atoms with Gasteiger partial charge in [0.25, 0.3) is 0 Å². The third-order valence-electron chi connectivity index (χ3n) is 4.84. The lowest BCUT2D eigenvalue weighted by atomic mass is 9.58. The second-order valence-corrected chi connectivity index (χ2v) is 6.49. The highest BCUT2D eigenvalue weighted by atomic mass is 16.3. The molecule has 0 aliphatic heterocycles. The van der Waals surface area contributed by atoms with Crippen LogP contribution in [0, 0.1) is 11.3 Å². The van der Waals surface area contributed by atoms with Crippen molar-refractivity contribution in [1.29, 1.82) is 0 Å². The zero-order chi connectivity index (χ0) is 13.7. The first-order chi connectivity index (χ1) is 8.17. The minimum absolute atomic E-state index is 0.0140. The summed E-state index contributed by atoms with van der Waals surface area (Å²) in [4.78, 5) is 24.5. The van der Waals surface area contributed by atoms with Crippen molar-refractivity contribution in [2.75, 3.05) is 0 Å². The average molecular weight is 250 g/mol. The van der Waals surface area contributed by atoms with E-state index in [2.05, 4.69) is 0 Å². The van der Waals surface area contributed by atoms with E-state index >= 15 is 0 Å². The number of hydrogen-bond donors (Lipinski definition) is 1. The molecule has 0 spiro atoms. The SMILES string of the molecule is CC1=C2C[C@@H](C(C)(C)O)CC(=O)[C@@]2(C)C(=O)CC1. The Bertz CT molecular complexity index is 439. The summed E-state index contributed by atoms with van der Waals surface area (Å²) < 4.78 is 0. The van der Waals surface area contributed by atoms with E-state index < -0.39 is 11.0 Å². The molecule has 0 aromatic carbocycles. The van der Waals surface area contributed by atoms with Crippen molar-refractivity contribution in [3.8, 4) is 0 Å². The van der Waals surface area contributed by atoms with Crippen molar-refractivity contribution in [2.24, 2.45) is 11.3 Å². The standard InChI is InChI=1S/C15H22O3/c1-9-5-6-12(16)15(4)11(9)7-10(8-13(15)17)14(2,3)18/h10,18H,5-8H2,1-4H3/t10-,15-/m1/s1. The molecular formula is C15H22O3. The number of allylic oxidation sites excluding steroid dienone is 2. The van der Waals surface area contributed by atoms with Crippen LogP contribution in [-0.2, 0) is 9.59 Å². The maximum Gasteiger partial charge on any atom is 0.150 e. The Morgan fingerprint density at radius 2 is 1.78 bits per heavy atom. The summed E-state index contributed by atoms with van der Waals surface area (Å²) in [5.41, 5.74) is 0.371. The van der Waals surface area contributed by atoms with Gasteiger partial charge in [-0.1, -0.05) is 11.1 Å². The first kappa shape index (κ1) is 13.5. The van der Waals surface area contributed by atoms with Crippen molar-refractivity contribution >= 4 is 11.6 Å². The van der Waals surface area contributed by atoms with Gasteiger partial charge in [0.15, 0.2) is 11.6 Å². The summed E-state index contributed by atoms with van der Waals surface area (Å²) in [6, 6.07) is 0. The molecular weight excluding hydrogens is 228 g/mol. The van der Waals surface area contributed by atoms with Crippen LogP contribution in [0.25, 0.3) is 0 Å². The van der Waals surface area contributed by atoms with Gasteiger partial charge in [0.05, 0.1) is 5.60 Å². The summed E-state index contributed by atoms with van der Waals surface area (Å²) in [7, 11) is 0. The van der Waals surface area contributed by atoms with Crippen molar-refractivity contribution in [2.45, 2.75) is 59.0 Å². The summed E-state index contributed by atoms with van der Waals surface area (Å²) in [6.45, 7) is 7.28. The lowest BCUT2D eigenvalue weighted by molar-refractivity contribution is -0.142. The van der Waals surface area contributed by atoms with Crippen molar-refractivity contribution in [3.63, 3.8) is 0 Å². The summed E-state index contributed by atoms with van der Waals surface area (Å²) >= 11 is 0. The molecule has 18 heavy (non-hydrogen) atoms. The molecule has 1 fully saturated rings. The van der Waals surface area contributed by atoms with Crippen molar-refractivity contribution in [3.05, 3.63) is 11.1 Å². The highest BCUT2D eigenvalue weighted by molar-refractivity contribution is 6.11. The van der Waals surface area contributed by atoms with E-state index in [4.69, 9.17) is 0 Å². The molecule has 2 atom stereocenters. The fraction of sp³-hybridized carbons (Fsp3) is 0.733. The van der Waals surface area contributed by atoms with Crippen molar-refractivity contribution in [1.82, 2.24) is 0 Å². The van der Waals surface area contributed by atoms with Crippen LogP contribution >= 0.6 is 0 Å². The fourth-order valence-electron chi connectivity index (χ4n) is 3.25. The molecule has 0 radical (unpaired) electrons. The predicted molar refractivity (Wildman–Crippen MR) is 69.1 cm³/mol. The minimum atomic E-state index is -0.899. The Balaban J connectivity index is 2.46. The van der Waals surface area contributed by atoms with Gasteiger partial charge in [-0.3, -0.25) is 9.59 Å². The lowest BCUT2D eigenvalue weighted by Gasteiger charge is -2.44. The fourth-order valence-corrected chi connectivity index (χ4v) is 3.25. The Morgan fingerprint density at radius 3 is 2.33 bits per heavy atom. The first-order valence-corrected chi connectivity index (χ1v) is 6.65. The molecule has 0 unspecified atom stereocenters. The number of ketones is 2. The molecule has 1 saturated carbocycles. The monoisotopic (exact) mass is 250 g/mol. The third kappa shape index (κ3) is 1.85. The van der Waals surface area contributed by atoms with Gasteiger partial charge in [-0.05, 0) is 46.5 Å². The highest BCUT2D eigenvalue weighted by Gasteiger charge is 2.51. The van der Waals surface area contributed by atoms with E-state index in [9.17, 15) is 14.7 Å². The summed E-state index contributed by atoms with van der Waals surface area (Å²) in [5.74, 6) is -0.0313. The first-order valence-electron chi connectivity index (χ1n) is 6.65. The van der Waals surface area contributed by atoms with Gasteiger partial charge in [-0.25, -0.2) is 0 Å². The van der Waals surface area contributed by atoms with E-state index in [1.807, 2.05) is 6.92 Å². The summed E-state index contributed by atoms with van der Waals surface area (Å²) in [5, 5.41) is 10.1. The molecule has 100 valence electrons. The Morgan fingerprint density at radius 1 is 1.17 bits per heavy atom. The second kappa shape index (κ2) is 4.02. The molecule has 0 bridgehead atoms. The molecule has 2 rings (SSSR count). The van der Waals surface area contributed by atoms with E-state index in [-0.39, 0.29) is 17.5 Å². The van der Waals surface area contributed by atoms with Gasteiger partial charge < -0.3 is 5.11 Å². The van der Waals surface area contributed by atoms with Gasteiger partial charge in [0.1, 0.15) is 5.41 Å². The quantitative estimate of drug-likeness (QED) is 0.574. The van der Waals surface area contributed by atoms with Gasteiger partial charge >= 0.3 is 0 Å². The minimum Gasteiger partial charge on any atom is -0.390 e. The number of fused-ring (bicyclic) bond motifs is 1. The Labute approximate surface area is 108 Å². The smallest absolute Gasteiger partial charge is 0.150 e. The molecule has 3 heteroatoms. The number of carbonyl (C=O) groups excluding carboxylic acids is 2. The van der Waals surface area contributed by atoms with Crippen LogP contribution in [0.15, 0.2) is 11.1 Å². The molecule has 0 heterocycles. The Hall–Kier alpha value is -0.960. The normalized spacial score (nSPS) is 33.7. The molecule has 3 nitrogen and oxygen atoms in total. The number of Topliss-reactive ketones (excluding diaryl/α,β-unsaturated/α-hetero) is 2. The molecule has 0 aromatic rings. The van der Waals surface area contributed by atoms with Crippen LogP contribution in [0.3, 0.4) is 0 Å². The van der Waals surface area contributed by atoms with Gasteiger partial charge in [0, 0.05) is 12.8 Å². The molecule has 2 aliphatic carbocycles. The summed E-state index contributed by atoms with van der Waals surface area (Å²) in [6.07, 6.45) is 2.21. The van der Waals surface area contributed by atoms with Gasteiger partial charge in [-0.15, -0.1) is 0 Å². The van der Waals surface area contributed by atoms with Crippen LogP contribution in [0.5, 0.6) is 0 Å². The topological polar surface area (TPSA) is 54.4 Å². The molecule has 2 aliphatic rings. The molecule has 0 aromatic heterocycles. The number of carbonyl (C=O) groups is 2. The maximum absolute atomic E-state index is 12.4. The van der Waals surface area contributed by atoms with E-state index in [0.29, 0.717) is 19.3 Å². The lowest BCUT2D eigenvalue weighted by Crippen LogP contribution is -2.49. The van der Waals surface area contributed by atoms with Crippen LogP contribution in [0.1, 0.15) is 53.4 Å². The molecule has 1 N–H and O–H groups in total. The Kier molecular flexibility index (Phi) is 3.01. The number of aliphatic hydroxyl groups is 1. The third-order valence-corrected chi connectivity index (χ3v) is 4.84. The largest absolute Gasteiger partial charge is 0.390 e. The van der Waals surface area contributed by atoms with Gasteiger partial charge in [0.2, 0.25) is 0 Å². The van der Waals surface area contributed by atoms with Crippen LogP contribution in [0.2, 0.25) is 0 Å². The van der Waals surface area contributed by atoms with Gasteiger partial charge in [-0.2, -0.15) is 0 Å². The zero-order valence-corrected chi connectivity index (χ0v) is 11.7. The number of hydrogen-bond acceptors (Lipinski definition) is 3. The van der Waals surface area contributed by atoms with Crippen molar-refractivity contribution < 1.29 is 14.7 Å². The van der Waals surface area contributed by atoms with Crippen LogP contribution in [-0.4, -0.2) is 22.3 Å². The van der Waals surface area contributed by atoms with E-state index in [0.717, 1.165) is 12.0 Å². The van der Waals surface area contributed by atoms with Crippen LogP contribution in [0.4, 0.5) is 0 Å². The second-order valence-electron chi connectivity index (χ2n) is 6.49. The predicted octanol–water partition coefficient (Wildman–Crippen LogP) is 2.42. The number of rotatable bonds is 1. The highest BCUT2D eigenvalue weighted by Crippen LogP contribution is 2.49. The maximum atomic E-state index is 12.4.